The van der Waals surface area contributed by atoms with Crippen LogP contribution in [0.2, 0.25) is 0 Å². The van der Waals surface area contributed by atoms with Gasteiger partial charge in [-0.05, 0) is 38.7 Å². The number of aliphatic hydroxyl groups excluding tert-OH is 1. The van der Waals surface area contributed by atoms with E-state index in [1.807, 2.05) is 12.1 Å². The third-order valence-electron chi connectivity index (χ3n) is 2.79. The first-order valence-electron chi connectivity index (χ1n) is 6.21. The monoisotopic (exact) mass is 230 g/mol. The summed E-state index contributed by atoms with van der Waals surface area (Å²) in [6, 6.07) is 10.4. The Morgan fingerprint density at radius 1 is 1.06 bits per heavy atom. The van der Waals surface area contributed by atoms with Crippen molar-refractivity contribution in [1.29, 1.82) is 0 Å². The molecule has 0 aliphatic rings. The van der Waals surface area contributed by atoms with Crippen molar-refractivity contribution in [2.75, 3.05) is 6.61 Å². The largest absolute Gasteiger partial charge is 0.392 e. The van der Waals surface area contributed by atoms with Gasteiger partial charge in [0, 0.05) is 0 Å². The molecular weight excluding hydrogens is 208 g/mol. The highest BCUT2D eigenvalue weighted by Gasteiger charge is 1.94. The Balaban J connectivity index is 2.37. The van der Waals surface area contributed by atoms with Crippen LogP contribution in [0.25, 0.3) is 6.08 Å². The summed E-state index contributed by atoms with van der Waals surface area (Å²) in [5.41, 5.74) is 3.96. The number of aliphatic hydroxyl groups is 1. The SMILES string of the molecule is C/C(=C\CO)CCC/C(C)=C/c1ccccc1. The molecule has 0 fully saturated rings. The number of allylic oxidation sites excluding steroid dienone is 2. The highest BCUT2D eigenvalue weighted by atomic mass is 16.2. The lowest BCUT2D eigenvalue weighted by Crippen LogP contribution is -1.84. The van der Waals surface area contributed by atoms with Crippen molar-refractivity contribution in [2.24, 2.45) is 0 Å². The van der Waals surface area contributed by atoms with Crippen LogP contribution in [-0.2, 0) is 0 Å². The van der Waals surface area contributed by atoms with E-state index in [0.717, 1.165) is 19.3 Å². The summed E-state index contributed by atoms with van der Waals surface area (Å²) in [4.78, 5) is 0. The molecule has 0 bridgehead atoms. The molecule has 92 valence electrons. The minimum atomic E-state index is 0.157. The molecule has 0 heterocycles. The summed E-state index contributed by atoms with van der Waals surface area (Å²) in [6.07, 6.45) is 7.46. The van der Waals surface area contributed by atoms with Crippen molar-refractivity contribution in [3.05, 3.63) is 53.1 Å². The number of rotatable bonds is 6. The maximum Gasteiger partial charge on any atom is 0.0614 e. The summed E-state index contributed by atoms with van der Waals surface area (Å²) in [6.45, 7) is 4.41. The van der Waals surface area contributed by atoms with Gasteiger partial charge >= 0.3 is 0 Å². The van der Waals surface area contributed by atoms with Gasteiger partial charge in [0.05, 0.1) is 6.61 Å². The second-order valence-corrected chi connectivity index (χ2v) is 4.49. The Kier molecular flexibility index (Phi) is 6.34. The van der Waals surface area contributed by atoms with Crippen molar-refractivity contribution in [3.8, 4) is 0 Å². The first kappa shape index (κ1) is 13.7. The Hall–Kier alpha value is -1.34. The molecule has 0 spiro atoms. The Morgan fingerprint density at radius 3 is 2.35 bits per heavy atom. The third kappa shape index (κ3) is 6.08. The average Bonchev–Trinajstić information content (AvgIpc) is 2.30. The van der Waals surface area contributed by atoms with Gasteiger partial charge in [-0.2, -0.15) is 0 Å². The van der Waals surface area contributed by atoms with Gasteiger partial charge in [-0.3, -0.25) is 0 Å². The molecule has 0 amide bonds. The maximum absolute atomic E-state index is 8.75. The normalized spacial score (nSPS) is 12.9. The van der Waals surface area contributed by atoms with Gasteiger partial charge < -0.3 is 5.11 Å². The van der Waals surface area contributed by atoms with E-state index >= 15 is 0 Å². The topological polar surface area (TPSA) is 20.2 Å². The van der Waals surface area contributed by atoms with Crippen LogP contribution in [0.4, 0.5) is 0 Å². The van der Waals surface area contributed by atoms with Crippen LogP contribution >= 0.6 is 0 Å². The predicted octanol–water partition coefficient (Wildman–Crippen LogP) is 4.20. The summed E-state index contributed by atoms with van der Waals surface area (Å²) < 4.78 is 0. The summed E-state index contributed by atoms with van der Waals surface area (Å²) in [5, 5.41) is 8.75. The van der Waals surface area contributed by atoms with E-state index in [0.29, 0.717) is 0 Å². The van der Waals surface area contributed by atoms with E-state index in [9.17, 15) is 0 Å². The van der Waals surface area contributed by atoms with Crippen LogP contribution in [0, 0.1) is 0 Å². The van der Waals surface area contributed by atoms with E-state index in [2.05, 4.69) is 44.2 Å². The molecule has 0 saturated carbocycles. The molecule has 1 aromatic rings. The van der Waals surface area contributed by atoms with Crippen molar-refractivity contribution in [2.45, 2.75) is 33.1 Å². The quantitative estimate of drug-likeness (QED) is 0.726. The second kappa shape index (κ2) is 7.86. The van der Waals surface area contributed by atoms with Crippen LogP contribution in [0.5, 0.6) is 0 Å². The molecule has 0 aliphatic carbocycles. The van der Waals surface area contributed by atoms with Crippen LogP contribution in [-0.4, -0.2) is 11.7 Å². The van der Waals surface area contributed by atoms with Crippen molar-refractivity contribution in [3.63, 3.8) is 0 Å². The van der Waals surface area contributed by atoms with Gasteiger partial charge in [0.15, 0.2) is 0 Å². The molecule has 0 aliphatic heterocycles. The zero-order valence-corrected chi connectivity index (χ0v) is 10.8. The molecule has 0 saturated heterocycles. The lowest BCUT2D eigenvalue weighted by atomic mass is 10.0. The van der Waals surface area contributed by atoms with Crippen LogP contribution in [0.3, 0.4) is 0 Å². The van der Waals surface area contributed by atoms with Gasteiger partial charge in [0.2, 0.25) is 0 Å². The van der Waals surface area contributed by atoms with Gasteiger partial charge in [-0.25, -0.2) is 0 Å². The van der Waals surface area contributed by atoms with Gasteiger partial charge in [-0.1, -0.05) is 53.6 Å². The van der Waals surface area contributed by atoms with Crippen molar-refractivity contribution in [1.82, 2.24) is 0 Å². The Morgan fingerprint density at radius 2 is 1.71 bits per heavy atom. The molecular formula is C16H22O. The van der Waals surface area contributed by atoms with E-state index in [4.69, 9.17) is 5.11 Å². The fraction of sp³-hybridized carbons (Fsp3) is 0.375. The highest BCUT2D eigenvalue weighted by molar-refractivity contribution is 5.51. The Labute approximate surface area is 104 Å². The van der Waals surface area contributed by atoms with Gasteiger partial charge in [-0.15, -0.1) is 0 Å². The third-order valence-corrected chi connectivity index (χ3v) is 2.79. The first-order chi connectivity index (χ1) is 8.22. The molecule has 0 radical (unpaired) electrons. The molecule has 0 aromatic heterocycles. The van der Waals surface area contributed by atoms with Crippen molar-refractivity contribution >= 4 is 6.08 Å². The van der Waals surface area contributed by atoms with Crippen LogP contribution in [0.15, 0.2) is 47.6 Å². The minimum absolute atomic E-state index is 0.157. The first-order valence-corrected chi connectivity index (χ1v) is 6.21. The molecule has 1 N–H and O–H groups in total. The highest BCUT2D eigenvalue weighted by Crippen LogP contribution is 2.14. The number of hydrogen-bond donors (Lipinski definition) is 1. The van der Waals surface area contributed by atoms with E-state index in [-0.39, 0.29) is 6.61 Å². The second-order valence-electron chi connectivity index (χ2n) is 4.49. The summed E-state index contributed by atoms with van der Waals surface area (Å²) in [5.74, 6) is 0. The van der Waals surface area contributed by atoms with Gasteiger partial charge in [0.1, 0.15) is 0 Å². The van der Waals surface area contributed by atoms with Crippen LogP contribution in [0.1, 0.15) is 38.7 Å². The summed E-state index contributed by atoms with van der Waals surface area (Å²) in [7, 11) is 0. The number of hydrogen-bond acceptors (Lipinski definition) is 1. The fourth-order valence-electron chi connectivity index (χ4n) is 1.81. The van der Waals surface area contributed by atoms with Gasteiger partial charge in [0.25, 0.3) is 0 Å². The lowest BCUT2D eigenvalue weighted by molar-refractivity contribution is 0.341. The Bertz CT molecular complexity index is 374. The van der Waals surface area contributed by atoms with Crippen molar-refractivity contribution < 1.29 is 5.11 Å². The zero-order chi connectivity index (χ0) is 12.5. The smallest absolute Gasteiger partial charge is 0.0614 e. The molecule has 1 aromatic carbocycles. The summed E-state index contributed by atoms with van der Waals surface area (Å²) >= 11 is 0. The molecule has 0 atom stereocenters. The predicted molar refractivity (Wildman–Crippen MR) is 74.8 cm³/mol. The average molecular weight is 230 g/mol. The maximum atomic E-state index is 8.75. The molecule has 1 nitrogen and oxygen atoms in total. The molecule has 0 unspecified atom stereocenters. The lowest BCUT2D eigenvalue weighted by Gasteiger charge is -2.03. The zero-order valence-electron chi connectivity index (χ0n) is 10.8. The fourth-order valence-corrected chi connectivity index (χ4v) is 1.81. The molecule has 1 heteroatoms. The molecule has 17 heavy (non-hydrogen) atoms. The van der Waals surface area contributed by atoms with Crippen LogP contribution < -0.4 is 0 Å². The minimum Gasteiger partial charge on any atom is -0.392 e. The molecule has 1 rings (SSSR count). The standard InChI is InChI=1S/C16H22O/c1-14(11-12-17)7-6-8-15(2)13-16-9-4-3-5-10-16/h3-5,9-11,13,17H,6-8,12H2,1-2H3/b14-11+,15-13+. The van der Waals surface area contributed by atoms with E-state index in [1.165, 1.54) is 16.7 Å². The number of benzene rings is 1. The van der Waals surface area contributed by atoms with E-state index in [1.54, 1.807) is 0 Å². The van der Waals surface area contributed by atoms with E-state index < -0.39 is 0 Å².